The van der Waals surface area contributed by atoms with E-state index in [2.05, 4.69) is 0 Å². The molecule has 3 fully saturated rings. The van der Waals surface area contributed by atoms with Crippen molar-refractivity contribution in [2.45, 2.75) is 55.1 Å². The third-order valence-corrected chi connectivity index (χ3v) is 7.57. The van der Waals surface area contributed by atoms with Crippen molar-refractivity contribution in [1.29, 1.82) is 0 Å². The normalized spacial score (nSPS) is 33.6. The Morgan fingerprint density at radius 3 is 2.45 bits per heavy atom. The van der Waals surface area contributed by atoms with E-state index in [1.165, 1.54) is 0 Å². The molecule has 1 spiro atoms. The van der Waals surface area contributed by atoms with E-state index < -0.39 is 44.9 Å². The summed E-state index contributed by atoms with van der Waals surface area (Å²) in [6.07, 6.45) is 0.664. The highest BCUT2D eigenvalue weighted by Gasteiger charge is 2.57. The lowest BCUT2D eigenvalue weighted by Crippen LogP contribution is -2.46. The number of ether oxygens (including phenoxy) is 3. The van der Waals surface area contributed by atoms with Gasteiger partial charge in [-0.05, 0) is 19.3 Å². The number of ketones is 2. The van der Waals surface area contributed by atoms with Crippen molar-refractivity contribution in [2.24, 2.45) is 5.41 Å². The molecule has 4 atom stereocenters. The van der Waals surface area contributed by atoms with Crippen LogP contribution in [-0.4, -0.2) is 84.2 Å². The van der Waals surface area contributed by atoms with E-state index in [0.29, 0.717) is 24.5 Å². The van der Waals surface area contributed by atoms with Gasteiger partial charge in [0.1, 0.15) is 10.5 Å². The van der Waals surface area contributed by atoms with E-state index in [4.69, 9.17) is 19.0 Å². The fourth-order valence-electron chi connectivity index (χ4n) is 4.22. The molecule has 2 unspecified atom stereocenters. The van der Waals surface area contributed by atoms with Crippen molar-refractivity contribution >= 4 is 47.7 Å². The predicted octanol–water partition coefficient (Wildman–Crippen LogP) is 2.17. The van der Waals surface area contributed by atoms with Crippen molar-refractivity contribution in [3.8, 4) is 0 Å². The molecule has 0 aromatic heterocycles. The van der Waals surface area contributed by atoms with Gasteiger partial charge in [0.25, 0.3) is 11.8 Å². The van der Waals surface area contributed by atoms with Crippen LogP contribution in [0.1, 0.15) is 39.0 Å². The van der Waals surface area contributed by atoms with E-state index in [-0.39, 0.29) is 76.6 Å². The van der Waals surface area contributed by atoms with Crippen LogP contribution in [0.4, 0.5) is 7.77 Å². The zero-order valence-electron chi connectivity index (χ0n) is 18.2. The molecule has 0 N–H and O–H groups in total. The highest BCUT2D eigenvalue weighted by molar-refractivity contribution is 7.96. The summed E-state index contributed by atoms with van der Waals surface area (Å²) in [6, 6.07) is 0. The molecule has 3 aliphatic rings. The maximum absolute atomic E-state index is 13.1. The largest absolute Gasteiger partial charge is 0.378 e. The third-order valence-electron chi connectivity index (χ3n) is 6.39. The highest BCUT2D eigenvalue weighted by atomic mass is 32.2. The molecule has 0 aromatic rings. The lowest BCUT2D eigenvalue weighted by Gasteiger charge is -2.34. The second kappa shape index (κ2) is 11.5. The number of Topliss-reactive ketones (excluding diaryl/α,β-unsaturated/α-hetero) is 2. The van der Waals surface area contributed by atoms with Crippen molar-refractivity contribution in [1.82, 2.24) is 5.06 Å². The topological polar surface area (TPSA) is 108 Å². The number of amides is 2. The van der Waals surface area contributed by atoms with Crippen LogP contribution >= 0.6 is 24.3 Å². The van der Waals surface area contributed by atoms with Gasteiger partial charge in [-0.1, -0.05) is 6.92 Å². The first-order chi connectivity index (χ1) is 15.8. The number of imide groups is 1. The number of rotatable bonds is 9. The molecule has 186 valence electrons. The second-order valence-electron chi connectivity index (χ2n) is 8.34. The van der Waals surface area contributed by atoms with Gasteiger partial charge in [-0.15, -0.1) is 0 Å². The number of hydrogen-bond acceptors (Lipinski definition) is 10. The minimum Gasteiger partial charge on any atom is -0.378 e. The maximum Gasteiger partial charge on any atom is 0.269 e. The Morgan fingerprint density at radius 2 is 1.82 bits per heavy atom. The second-order valence-corrected chi connectivity index (χ2v) is 9.84. The molecule has 9 nitrogen and oxygen atoms in total. The smallest absolute Gasteiger partial charge is 0.269 e. The molecule has 2 heterocycles. The molecule has 2 amide bonds. The fraction of sp³-hybridized carbons (Fsp3) is 0.800. The summed E-state index contributed by atoms with van der Waals surface area (Å²) in [4.78, 5) is 54.1. The minimum atomic E-state index is -1.65. The van der Waals surface area contributed by atoms with Gasteiger partial charge in [0.2, 0.25) is 0 Å². The van der Waals surface area contributed by atoms with Gasteiger partial charge >= 0.3 is 0 Å². The Balaban J connectivity index is 1.56. The number of carbonyl (C=O) groups excluding carboxylic acids is 4. The van der Waals surface area contributed by atoms with Crippen LogP contribution in [0.15, 0.2) is 0 Å². The number of nitrogens with zero attached hydrogens (tertiary/aromatic N) is 1. The summed E-state index contributed by atoms with van der Waals surface area (Å²) < 4.78 is 42.9. The standard InChI is InChI=1S/C20H27F2NO8S2/c1-2-19(12-29-6-8-31-23-16(25)10-14(33-22)18(23)27)3-4-20(30-7-5-28-11-19)15(24)9-13(32-21)17(20)26/h13-14H,2-12H2,1H3/t13?,14?,19-,20-/m0/s1. The van der Waals surface area contributed by atoms with Gasteiger partial charge in [0, 0.05) is 11.8 Å². The van der Waals surface area contributed by atoms with Gasteiger partial charge in [0.05, 0.1) is 70.4 Å². The van der Waals surface area contributed by atoms with Gasteiger partial charge in [-0.2, -0.15) is 12.8 Å². The summed E-state index contributed by atoms with van der Waals surface area (Å²) >= 11 is -0.317. The molecule has 1 saturated carbocycles. The Morgan fingerprint density at radius 1 is 1.06 bits per heavy atom. The molecular weight excluding hydrogens is 484 g/mol. The molecule has 13 heteroatoms. The van der Waals surface area contributed by atoms with Crippen molar-refractivity contribution in [3.63, 3.8) is 0 Å². The van der Waals surface area contributed by atoms with E-state index in [0.717, 1.165) is 0 Å². The number of halogens is 2. The fourth-order valence-corrected chi connectivity index (χ4v) is 5.08. The van der Waals surface area contributed by atoms with Crippen LogP contribution in [-0.2, 0) is 38.2 Å². The molecule has 2 saturated heterocycles. The van der Waals surface area contributed by atoms with Crippen molar-refractivity contribution in [3.05, 3.63) is 0 Å². The SMILES string of the molecule is CC[C@]1(COCCON2C(=O)CC(SF)C2=O)CC[C@]2(OCCOC1)C(=O)CC(SF)C2=O. The zero-order valence-corrected chi connectivity index (χ0v) is 19.9. The van der Waals surface area contributed by atoms with Crippen molar-refractivity contribution < 1.29 is 46.0 Å². The molecule has 1 aliphatic carbocycles. The van der Waals surface area contributed by atoms with Crippen LogP contribution in [0.25, 0.3) is 0 Å². The van der Waals surface area contributed by atoms with E-state index in [1.807, 2.05) is 6.92 Å². The highest BCUT2D eigenvalue weighted by Crippen LogP contribution is 2.41. The van der Waals surface area contributed by atoms with E-state index in [1.54, 1.807) is 0 Å². The average molecular weight is 512 g/mol. The monoisotopic (exact) mass is 511 g/mol. The van der Waals surface area contributed by atoms with Gasteiger partial charge in [0.15, 0.2) is 17.2 Å². The zero-order chi connectivity index (χ0) is 24.1. The number of hydrogen-bond donors (Lipinski definition) is 0. The maximum atomic E-state index is 13.1. The molecule has 33 heavy (non-hydrogen) atoms. The molecule has 0 aromatic carbocycles. The summed E-state index contributed by atoms with van der Waals surface area (Å²) in [6.45, 7) is 2.62. The summed E-state index contributed by atoms with van der Waals surface area (Å²) in [7, 11) is 0. The first kappa shape index (κ1) is 26.5. The predicted molar refractivity (Wildman–Crippen MR) is 114 cm³/mol. The van der Waals surface area contributed by atoms with E-state index in [9.17, 15) is 26.9 Å². The molecule has 0 radical (unpaired) electrons. The number of carbonyl (C=O) groups is 4. The third kappa shape index (κ3) is 5.59. The molecule has 0 bridgehead atoms. The Labute approximate surface area is 199 Å². The quantitative estimate of drug-likeness (QED) is 0.260. The Bertz CT molecular complexity index is 774. The van der Waals surface area contributed by atoms with Crippen LogP contribution in [0.5, 0.6) is 0 Å². The van der Waals surface area contributed by atoms with Crippen molar-refractivity contribution in [2.75, 3.05) is 39.6 Å². The lowest BCUT2D eigenvalue weighted by molar-refractivity contribution is -0.191. The molecular formula is C20H27F2NO8S2. The van der Waals surface area contributed by atoms with Gasteiger partial charge in [-0.3, -0.25) is 24.0 Å². The first-order valence-corrected chi connectivity index (χ1v) is 12.3. The lowest BCUT2D eigenvalue weighted by atomic mass is 9.78. The Kier molecular flexibility index (Phi) is 9.26. The average Bonchev–Trinajstić information content (AvgIpc) is 3.26. The minimum absolute atomic E-state index is 0.0473. The first-order valence-electron chi connectivity index (χ1n) is 10.7. The molecule has 2 aliphatic heterocycles. The summed E-state index contributed by atoms with van der Waals surface area (Å²) in [5, 5.41) is -1.56. The summed E-state index contributed by atoms with van der Waals surface area (Å²) in [5.41, 5.74) is -2.18. The molecule has 3 rings (SSSR count). The van der Waals surface area contributed by atoms with Crippen LogP contribution < -0.4 is 0 Å². The van der Waals surface area contributed by atoms with Crippen LogP contribution in [0, 0.1) is 5.41 Å². The summed E-state index contributed by atoms with van der Waals surface area (Å²) in [5.74, 6) is -2.28. The van der Waals surface area contributed by atoms with Gasteiger partial charge in [-0.25, -0.2) is 0 Å². The van der Waals surface area contributed by atoms with E-state index >= 15 is 0 Å². The van der Waals surface area contributed by atoms with Crippen LogP contribution in [0.2, 0.25) is 0 Å². The number of hydroxylamine groups is 2. The Hall–Kier alpha value is -1.12. The van der Waals surface area contributed by atoms with Crippen LogP contribution in [0.3, 0.4) is 0 Å². The van der Waals surface area contributed by atoms with Gasteiger partial charge < -0.3 is 14.2 Å².